The van der Waals surface area contributed by atoms with E-state index in [-0.39, 0.29) is 0 Å². The Morgan fingerprint density at radius 2 is 1.88 bits per heavy atom. The average Bonchev–Trinajstić information content (AvgIpc) is 2.88. The van der Waals surface area contributed by atoms with Crippen molar-refractivity contribution in [2.24, 2.45) is 5.92 Å². The smallest absolute Gasteiger partial charge is 0.0320 e. The van der Waals surface area contributed by atoms with E-state index in [9.17, 15) is 0 Å². The Bertz CT molecular complexity index is 301. The Hall–Kier alpha value is -0.820. The lowest BCUT2D eigenvalue weighted by Gasteiger charge is -2.20. The van der Waals surface area contributed by atoms with Crippen molar-refractivity contribution >= 4 is 0 Å². The fourth-order valence-electron chi connectivity index (χ4n) is 3.02. The summed E-state index contributed by atoms with van der Waals surface area (Å²) in [5.41, 5.74) is 1.45. The minimum absolute atomic E-state index is 0.557. The first-order valence-electron chi connectivity index (χ1n) is 7.18. The largest absolute Gasteiger partial charge is 0.310 e. The monoisotopic (exact) mass is 231 g/mol. The first-order valence-corrected chi connectivity index (χ1v) is 7.18. The zero-order valence-electron chi connectivity index (χ0n) is 11.0. The molecule has 1 heteroatoms. The molecule has 1 atom stereocenters. The highest BCUT2D eigenvalue weighted by molar-refractivity contribution is 5.18. The molecule has 1 saturated carbocycles. The second kappa shape index (κ2) is 6.80. The van der Waals surface area contributed by atoms with Crippen molar-refractivity contribution in [1.29, 1.82) is 0 Å². The van der Waals surface area contributed by atoms with Crippen LogP contribution in [0, 0.1) is 5.92 Å². The van der Waals surface area contributed by atoms with Crippen LogP contribution in [-0.2, 0) is 0 Å². The molecule has 0 bridgehead atoms. The standard InChI is InChI=1S/C16H25N/c1-2-17-16(15-10-4-3-5-11-15)13-12-14-8-6-7-9-14/h3-5,10-11,14,16-17H,2,6-9,12-13H2,1H3. The molecular formula is C16H25N. The van der Waals surface area contributed by atoms with Crippen LogP contribution in [0.5, 0.6) is 0 Å². The molecule has 0 heterocycles. The molecule has 0 spiro atoms. The molecule has 1 aromatic rings. The fourth-order valence-corrected chi connectivity index (χ4v) is 3.02. The highest BCUT2D eigenvalue weighted by Crippen LogP contribution is 2.31. The van der Waals surface area contributed by atoms with Crippen LogP contribution in [-0.4, -0.2) is 6.54 Å². The Morgan fingerprint density at radius 1 is 1.18 bits per heavy atom. The normalized spacial score (nSPS) is 18.4. The van der Waals surface area contributed by atoms with Gasteiger partial charge in [0.2, 0.25) is 0 Å². The Balaban J connectivity index is 1.88. The Labute approximate surface area is 106 Å². The molecule has 0 amide bonds. The van der Waals surface area contributed by atoms with Crippen molar-refractivity contribution in [2.45, 2.75) is 51.5 Å². The molecule has 1 aliphatic rings. The van der Waals surface area contributed by atoms with Crippen molar-refractivity contribution in [3.63, 3.8) is 0 Å². The molecule has 17 heavy (non-hydrogen) atoms. The van der Waals surface area contributed by atoms with Gasteiger partial charge in [0.15, 0.2) is 0 Å². The average molecular weight is 231 g/mol. The van der Waals surface area contributed by atoms with Crippen LogP contribution in [0.25, 0.3) is 0 Å². The predicted octanol–water partition coefficient (Wildman–Crippen LogP) is 4.31. The molecule has 0 saturated heterocycles. The zero-order valence-corrected chi connectivity index (χ0v) is 11.0. The third-order valence-corrected chi connectivity index (χ3v) is 3.99. The molecule has 94 valence electrons. The van der Waals surface area contributed by atoms with Gasteiger partial charge >= 0.3 is 0 Å². The van der Waals surface area contributed by atoms with Gasteiger partial charge < -0.3 is 5.32 Å². The van der Waals surface area contributed by atoms with Crippen molar-refractivity contribution in [3.8, 4) is 0 Å². The lowest BCUT2D eigenvalue weighted by molar-refractivity contribution is 0.417. The number of benzene rings is 1. The van der Waals surface area contributed by atoms with Crippen LogP contribution in [0.1, 0.15) is 57.1 Å². The highest BCUT2D eigenvalue weighted by atomic mass is 14.9. The van der Waals surface area contributed by atoms with E-state index in [1.165, 1.54) is 44.1 Å². The van der Waals surface area contributed by atoms with Gasteiger partial charge in [0.1, 0.15) is 0 Å². The maximum atomic E-state index is 3.62. The first-order chi connectivity index (χ1) is 8.40. The fraction of sp³-hybridized carbons (Fsp3) is 0.625. The summed E-state index contributed by atoms with van der Waals surface area (Å²) in [7, 11) is 0. The number of nitrogens with one attached hydrogen (secondary N) is 1. The first kappa shape index (κ1) is 12.6. The number of hydrogen-bond donors (Lipinski definition) is 1. The summed E-state index contributed by atoms with van der Waals surface area (Å²) in [4.78, 5) is 0. The molecule has 1 unspecified atom stereocenters. The van der Waals surface area contributed by atoms with Crippen LogP contribution in [0.15, 0.2) is 30.3 Å². The van der Waals surface area contributed by atoms with Gasteiger partial charge in [-0.15, -0.1) is 0 Å². The third-order valence-electron chi connectivity index (χ3n) is 3.99. The summed E-state index contributed by atoms with van der Waals surface area (Å²) in [5.74, 6) is 1.000. The lowest BCUT2D eigenvalue weighted by Crippen LogP contribution is -2.21. The van der Waals surface area contributed by atoms with Gasteiger partial charge in [-0.2, -0.15) is 0 Å². The van der Waals surface area contributed by atoms with E-state index in [1.807, 2.05) is 0 Å². The van der Waals surface area contributed by atoms with Crippen LogP contribution in [0.4, 0.5) is 0 Å². The van der Waals surface area contributed by atoms with Crippen LogP contribution < -0.4 is 5.32 Å². The molecule has 1 nitrogen and oxygen atoms in total. The van der Waals surface area contributed by atoms with Gasteiger partial charge in [0.05, 0.1) is 0 Å². The van der Waals surface area contributed by atoms with E-state index >= 15 is 0 Å². The molecule has 2 rings (SSSR count). The third kappa shape index (κ3) is 3.85. The van der Waals surface area contributed by atoms with Crippen LogP contribution >= 0.6 is 0 Å². The molecule has 0 aromatic heterocycles. The Kier molecular flexibility index (Phi) is 5.06. The predicted molar refractivity (Wildman–Crippen MR) is 74.1 cm³/mol. The van der Waals surface area contributed by atoms with E-state index in [0.717, 1.165) is 12.5 Å². The molecule has 1 aromatic carbocycles. The van der Waals surface area contributed by atoms with Crippen molar-refractivity contribution in [3.05, 3.63) is 35.9 Å². The summed E-state index contributed by atoms with van der Waals surface area (Å²) in [6.45, 7) is 3.26. The lowest BCUT2D eigenvalue weighted by atomic mass is 9.95. The minimum atomic E-state index is 0.557. The second-order valence-electron chi connectivity index (χ2n) is 5.25. The van der Waals surface area contributed by atoms with Gasteiger partial charge in [-0.1, -0.05) is 62.9 Å². The van der Waals surface area contributed by atoms with Crippen LogP contribution in [0.2, 0.25) is 0 Å². The van der Waals surface area contributed by atoms with Gasteiger partial charge in [-0.25, -0.2) is 0 Å². The molecule has 1 fully saturated rings. The number of hydrogen-bond acceptors (Lipinski definition) is 1. The SMILES string of the molecule is CCNC(CCC1CCCC1)c1ccccc1. The van der Waals surface area contributed by atoms with Crippen molar-refractivity contribution < 1.29 is 0 Å². The summed E-state index contributed by atoms with van der Waals surface area (Å²) in [5, 5.41) is 3.62. The van der Waals surface area contributed by atoms with E-state index in [0.29, 0.717) is 6.04 Å². The molecule has 1 N–H and O–H groups in total. The maximum Gasteiger partial charge on any atom is 0.0320 e. The molecule has 0 aliphatic heterocycles. The van der Waals surface area contributed by atoms with Crippen molar-refractivity contribution in [1.82, 2.24) is 5.32 Å². The summed E-state index contributed by atoms with van der Waals surface area (Å²) < 4.78 is 0. The number of rotatable bonds is 6. The van der Waals surface area contributed by atoms with E-state index in [1.54, 1.807) is 0 Å². The van der Waals surface area contributed by atoms with E-state index in [2.05, 4.69) is 42.6 Å². The molecule has 1 aliphatic carbocycles. The van der Waals surface area contributed by atoms with Gasteiger partial charge in [-0.3, -0.25) is 0 Å². The summed E-state index contributed by atoms with van der Waals surface area (Å²) >= 11 is 0. The topological polar surface area (TPSA) is 12.0 Å². The molecular weight excluding hydrogens is 206 g/mol. The quantitative estimate of drug-likeness (QED) is 0.769. The highest BCUT2D eigenvalue weighted by Gasteiger charge is 2.17. The summed E-state index contributed by atoms with van der Waals surface area (Å²) in [6.07, 6.45) is 8.54. The minimum Gasteiger partial charge on any atom is -0.310 e. The van der Waals surface area contributed by atoms with Gasteiger partial charge in [0.25, 0.3) is 0 Å². The van der Waals surface area contributed by atoms with Gasteiger partial charge in [0, 0.05) is 6.04 Å². The van der Waals surface area contributed by atoms with E-state index < -0.39 is 0 Å². The van der Waals surface area contributed by atoms with Crippen LogP contribution in [0.3, 0.4) is 0 Å². The molecule has 0 radical (unpaired) electrons. The maximum absolute atomic E-state index is 3.62. The summed E-state index contributed by atoms with van der Waals surface area (Å²) in [6, 6.07) is 11.5. The van der Waals surface area contributed by atoms with E-state index in [4.69, 9.17) is 0 Å². The van der Waals surface area contributed by atoms with Gasteiger partial charge in [-0.05, 0) is 30.9 Å². The second-order valence-corrected chi connectivity index (χ2v) is 5.25. The van der Waals surface area contributed by atoms with Crippen molar-refractivity contribution in [2.75, 3.05) is 6.54 Å². The zero-order chi connectivity index (χ0) is 11.9. The Morgan fingerprint density at radius 3 is 2.53 bits per heavy atom.